The number of alkyl halides is 3. The van der Waals surface area contributed by atoms with Gasteiger partial charge in [0.25, 0.3) is 12.4 Å². The van der Waals surface area contributed by atoms with Crippen LogP contribution in [0, 0.1) is 0 Å². The van der Waals surface area contributed by atoms with Gasteiger partial charge in [-0.25, -0.2) is 9.97 Å². The summed E-state index contributed by atoms with van der Waals surface area (Å²) in [5, 5.41) is 18.9. The average molecular weight is 649 g/mol. The van der Waals surface area contributed by atoms with Gasteiger partial charge in [0, 0.05) is 56.8 Å². The van der Waals surface area contributed by atoms with Crippen molar-refractivity contribution in [3.05, 3.63) is 59.3 Å². The fourth-order valence-electron chi connectivity index (χ4n) is 5.28. The lowest BCUT2D eigenvalue weighted by atomic mass is 10.1. The van der Waals surface area contributed by atoms with Crippen molar-refractivity contribution in [2.24, 2.45) is 5.73 Å². The monoisotopic (exact) mass is 648 g/mol. The first-order valence-corrected chi connectivity index (χ1v) is 14.0. The van der Waals surface area contributed by atoms with E-state index in [1.807, 2.05) is 5.10 Å². The van der Waals surface area contributed by atoms with Crippen LogP contribution in [0.4, 0.5) is 24.7 Å². The van der Waals surface area contributed by atoms with E-state index in [0.29, 0.717) is 50.4 Å². The van der Waals surface area contributed by atoms with Crippen molar-refractivity contribution in [1.29, 1.82) is 0 Å². The van der Waals surface area contributed by atoms with Gasteiger partial charge >= 0.3 is 6.18 Å². The van der Waals surface area contributed by atoms with Crippen molar-refractivity contribution in [2.45, 2.75) is 24.7 Å². The molecule has 6 N–H and O–H groups in total. The summed E-state index contributed by atoms with van der Waals surface area (Å²) < 4.78 is 41.7. The second-order valence-corrected chi connectivity index (χ2v) is 10.7. The van der Waals surface area contributed by atoms with Crippen LogP contribution in [0.25, 0.3) is 16.9 Å². The van der Waals surface area contributed by atoms with E-state index < -0.39 is 11.9 Å². The Balaban J connectivity index is 0.00000128. The number of carbonyl (C=O) groups is 3. The molecular formula is C27H28ClF3N10O4. The molecule has 45 heavy (non-hydrogen) atoms. The van der Waals surface area contributed by atoms with Gasteiger partial charge in [0.1, 0.15) is 5.69 Å². The second-order valence-electron chi connectivity index (χ2n) is 10.3. The predicted octanol–water partition coefficient (Wildman–Crippen LogP) is 2.21. The molecule has 5 heterocycles. The smallest absolute Gasteiger partial charge is 0.433 e. The van der Waals surface area contributed by atoms with Gasteiger partial charge in [-0.3, -0.25) is 23.9 Å². The van der Waals surface area contributed by atoms with Gasteiger partial charge in [0.15, 0.2) is 11.5 Å². The van der Waals surface area contributed by atoms with Crippen LogP contribution in [-0.2, 0) is 15.8 Å². The quantitative estimate of drug-likeness (QED) is 0.201. The van der Waals surface area contributed by atoms with Gasteiger partial charge < -0.3 is 31.3 Å². The van der Waals surface area contributed by atoms with E-state index in [9.17, 15) is 22.8 Å². The molecule has 2 saturated heterocycles. The highest BCUT2D eigenvalue weighted by molar-refractivity contribution is 6.34. The molecule has 0 spiro atoms. The summed E-state index contributed by atoms with van der Waals surface area (Å²) in [6.07, 6.45) is 1.31. The molecule has 6 rings (SSSR count). The molecule has 0 unspecified atom stereocenters. The van der Waals surface area contributed by atoms with Crippen LogP contribution in [0.2, 0.25) is 5.02 Å². The minimum Gasteiger partial charge on any atom is -0.483 e. The van der Waals surface area contributed by atoms with Crippen molar-refractivity contribution >= 4 is 47.0 Å². The summed E-state index contributed by atoms with van der Waals surface area (Å²) in [5.74, 6) is 0.0232. The third-order valence-corrected chi connectivity index (χ3v) is 7.74. The number of hydrogen-bond acceptors (Lipinski definition) is 9. The number of rotatable bonds is 5. The minimum atomic E-state index is -4.62. The Morgan fingerprint density at radius 1 is 1.13 bits per heavy atom. The third-order valence-electron chi connectivity index (χ3n) is 7.43. The lowest BCUT2D eigenvalue weighted by Crippen LogP contribution is -2.54. The summed E-state index contributed by atoms with van der Waals surface area (Å²) in [6.45, 7) is 1.95. The van der Waals surface area contributed by atoms with Gasteiger partial charge in [0.05, 0.1) is 40.3 Å². The lowest BCUT2D eigenvalue weighted by molar-refractivity contribution is -0.140. The van der Waals surface area contributed by atoms with Crippen LogP contribution in [0.1, 0.15) is 22.5 Å². The number of anilines is 2. The van der Waals surface area contributed by atoms with E-state index in [4.69, 9.17) is 27.2 Å². The zero-order valence-corrected chi connectivity index (χ0v) is 24.2. The molecule has 2 fully saturated rings. The first-order chi connectivity index (χ1) is 21.5. The summed E-state index contributed by atoms with van der Waals surface area (Å²) in [6, 6.07) is 4.49. The predicted molar refractivity (Wildman–Crippen MR) is 156 cm³/mol. The molecule has 2 aliphatic rings. The summed E-state index contributed by atoms with van der Waals surface area (Å²) in [4.78, 5) is 46.3. The number of hydrogen-bond donors (Lipinski definition) is 5. The molecule has 4 aromatic rings. The molecule has 14 nitrogen and oxygen atoms in total. The van der Waals surface area contributed by atoms with Crippen molar-refractivity contribution in [3.8, 4) is 11.3 Å². The minimum absolute atomic E-state index is 0.00212. The molecule has 18 heteroatoms. The number of halogens is 4. The molecule has 1 aromatic carbocycles. The molecule has 2 aliphatic heterocycles. The molecule has 0 saturated carbocycles. The van der Waals surface area contributed by atoms with E-state index in [1.165, 1.54) is 23.0 Å². The number of amides is 2. The number of H-pyrrole nitrogens is 1. The Kier molecular flexibility index (Phi) is 9.21. The van der Waals surface area contributed by atoms with Crippen LogP contribution in [0.3, 0.4) is 0 Å². The van der Waals surface area contributed by atoms with E-state index in [0.717, 1.165) is 6.20 Å². The van der Waals surface area contributed by atoms with Gasteiger partial charge in [-0.1, -0.05) is 11.6 Å². The molecule has 3 aromatic heterocycles. The molecule has 0 aliphatic carbocycles. The number of piperazine rings is 1. The fraction of sp³-hybridized carbons (Fsp3) is 0.333. The number of fused-ring (bicyclic) bond motifs is 1. The maximum absolute atomic E-state index is 13.4. The highest BCUT2D eigenvalue weighted by Gasteiger charge is 2.37. The van der Waals surface area contributed by atoms with E-state index in [1.54, 1.807) is 28.0 Å². The van der Waals surface area contributed by atoms with Crippen LogP contribution in [0.5, 0.6) is 0 Å². The highest BCUT2D eigenvalue weighted by Crippen LogP contribution is 2.36. The summed E-state index contributed by atoms with van der Waals surface area (Å²) >= 11 is 6.51. The summed E-state index contributed by atoms with van der Waals surface area (Å²) in [5.41, 5.74) is 6.03. The molecule has 0 bridgehead atoms. The first kappa shape index (κ1) is 31.7. The number of carboxylic acid groups (broad SMARTS) is 1. The number of carbonyl (C=O) groups excluding carboxylic acids is 2. The van der Waals surface area contributed by atoms with Crippen LogP contribution < -0.4 is 16.4 Å². The van der Waals surface area contributed by atoms with Crippen molar-refractivity contribution < 1.29 is 32.7 Å². The maximum atomic E-state index is 13.4. The maximum Gasteiger partial charge on any atom is 0.433 e. The second kappa shape index (κ2) is 13.1. The molecule has 238 valence electrons. The van der Waals surface area contributed by atoms with E-state index in [-0.39, 0.29) is 58.1 Å². The van der Waals surface area contributed by atoms with Crippen LogP contribution >= 0.6 is 11.6 Å². The van der Waals surface area contributed by atoms with E-state index >= 15 is 0 Å². The number of benzene rings is 1. The molecule has 2 atom stereocenters. The van der Waals surface area contributed by atoms with Gasteiger partial charge in [-0.15, -0.1) is 0 Å². The van der Waals surface area contributed by atoms with Gasteiger partial charge in [0.2, 0.25) is 5.91 Å². The Morgan fingerprint density at radius 2 is 1.84 bits per heavy atom. The van der Waals surface area contributed by atoms with Crippen LogP contribution in [-0.4, -0.2) is 103 Å². The Morgan fingerprint density at radius 3 is 2.49 bits per heavy atom. The number of aromatic amines is 1. The third kappa shape index (κ3) is 6.69. The summed E-state index contributed by atoms with van der Waals surface area (Å²) in [7, 11) is 0. The topological polar surface area (TPSA) is 187 Å². The van der Waals surface area contributed by atoms with Crippen molar-refractivity contribution in [1.82, 2.24) is 39.7 Å². The number of nitrogens with one attached hydrogen (secondary N) is 3. The standard InChI is InChI=1S/C26H26ClF3N10O2.CH2O2/c27-18-10-15(1-2-16(18)24(41)38-5-7-39(8-6-38)25(42)19-9-14(31)11-33-19)36-22-23-34-13-20(40(23)4-3-32-22)17-12-35-37-21(17)26(28,29)30;2-1-3/h1-4,10,12-14,19,33H,5-9,11,31H2,(H,32,36)(H,35,37);1H,(H,2,3)/t14-,19+;/m1./s1. The Hall–Kier alpha value is -4.74. The highest BCUT2D eigenvalue weighted by atomic mass is 35.5. The normalized spacial score (nSPS) is 18.4. The largest absolute Gasteiger partial charge is 0.483 e. The molecular weight excluding hydrogens is 621 g/mol. The van der Waals surface area contributed by atoms with Gasteiger partial charge in [-0.05, 0) is 24.6 Å². The Bertz CT molecular complexity index is 1700. The van der Waals surface area contributed by atoms with E-state index in [2.05, 4.69) is 25.7 Å². The number of imidazole rings is 1. The van der Waals surface area contributed by atoms with Gasteiger partial charge in [-0.2, -0.15) is 18.3 Å². The number of aromatic nitrogens is 5. The zero-order valence-electron chi connectivity index (χ0n) is 23.5. The fourth-order valence-corrected chi connectivity index (χ4v) is 5.54. The lowest BCUT2D eigenvalue weighted by Gasteiger charge is -2.36. The zero-order chi connectivity index (χ0) is 32.3. The number of nitrogens with zero attached hydrogens (tertiary/aromatic N) is 6. The first-order valence-electron chi connectivity index (χ1n) is 13.7. The SMILES string of the molecule is N[C@H]1CN[C@H](C(=O)N2CCN(C(=O)c3ccc(Nc4nccn5c(-c6cn[nH]c6C(F)(F)F)cnc45)cc3Cl)CC2)C1.O=CO. The average Bonchev–Trinajstić information content (AvgIpc) is 3.77. The van der Waals surface area contributed by atoms with Crippen molar-refractivity contribution in [2.75, 3.05) is 38.0 Å². The molecule has 2 amide bonds. The Labute approximate surface area is 258 Å². The van der Waals surface area contributed by atoms with Crippen LogP contribution in [0.15, 0.2) is 43.0 Å². The molecule has 0 radical (unpaired) electrons. The van der Waals surface area contributed by atoms with Crippen molar-refractivity contribution in [3.63, 3.8) is 0 Å². The number of nitrogens with two attached hydrogens (primary N) is 1.